The van der Waals surface area contributed by atoms with Gasteiger partial charge in [-0.25, -0.2) is 12.7 Å². The number of piperidine rings is 1. The minimum Gasteiger partial charge on any atom is -0.497 e. The Bertz CT molecular complexity index is 802. The molecule has 0 atom stereocenters. The number of nitrogens with one attached hydrogen (secondary N) is 1. The van der Waals surface area contributed by atoms with Crippen molar-refractivity contribution in [2.75, 3.05) is 46.7 Å². The molecule has 1 aromatic rings. The fourth-order valence-corrected chi connectivity index (χ4v) is 4.43. The molecule has 1 saturated heterocycles. The first-order chi connectivity index (χ1) is 13.3. The minimum absolute atomic E-state index is 0.0344. The van der Waals surface area contributed by atoms with E-state index in [1.165, 1.54) is 25.6 Å². The van der Waals surface area contributed by atoms with Gasteiger partial charge in [-0.3, -0.25) is 9.59 Å². The standard InChI is InChI=1S/C18H26N2O7S/c1-25-14-4-5-15(16(12-14)26-2)17(21)19-8-11-28(23,24)20-9-6-13(7-10-20)18(22)27-3/h4-5,12-13H,6-11H2,1-3H3,(H,19,21). The molecule has 1 aliphatic rings. The lowest BCUT2D eigenvalue weighted by Crippen LogP contribution is -2.43. The van der Waals surface area contributed by atoms with E-state index < -0.39 is 15.9 Å². The number of esters is 1. The highest BCUT2D eigenvalue weighted by Gasteiger charge is 2.31. The van der Waals surface area contributed by atoms with Gasteiger partial charge in [-0.2, -0.15) is 0 Å². The van der Waals surface area contributed by atoms with Gasteiger partial charge in [0.15, 0.2) is 0 Å². The van der Waals surface area contributed by atoms with Gasteiger partial charge in [-0.15, -0.1) is 0 Å². The van der Waals surface area contributed by atoms with Crippen LogP contribution >= 0.6 is 0 Å². The lowest BCUT2D eigenvalue weighted by molar-refractivity contribution is -0.146. The Hall–Kier alpha value is -2.33. The van der Waals surface area contributed by atoms with Crippen LogP contribution in [-0.4, -0.2) is 71.3 Å². The summed E-state index contributed by atoms with van der Waals surface area (Å²) in [6.07, 6.45) is 0.864. The molecule has 2 rings (SSSR count). The average molecular weight is 414 g/mol. The zero-order valence-corrected chi connectivity index (χ0v) is 17.1. The smallest absolute Gasteiger partial charge is 0.308 e. The summed E-state index contributed by atoms with van der Waals surface area (Å²) in [5.41, 5.74) is 0.291. The molecule has 0 aromatic heterocycles. The Morgan fingerprint density at radius 2 is 1.82 bits per heavy atom. The van der Waals surface area contributed by atoms with Gasteiger partial charge in [0.2, 0.25) is 10.0 Å². The van der Waals surface area contributed by atoms with E-state index in [9.17, 15) is 18.0 Å². The molecule has 0 radical (unpaired) electrons. The van der Waals surface area contributed by atoms with Crippen molar-refractivity contribution in [2.24, 2.45) is 5.92 Å². The molecule has 1 N–H and O–H groups in total. The predicted octanol–water partition coefficient (Wildman–Crippen LogP) is 0.648. The van der Waals surface area contributed by atoms with E-state index in [1.807, 2.05) is 0 Å². The number of ether oxygens (including phenoxy) is 3. The highest BCUT2D eigenvalue weighted by atomic mass is 32.2. The van der Waals surface area contributed by atoms with Crippen LogP contribution in [0.15, 0.2) is 18.2 Å². The SMILES string of the molecule is COC(=O)C1CCN(S(=O)(=O)CCNC(=O)c2ccc(OC)cc2OC)CC1. The quantitative estimate of drug-likeness (QED) is 0.622. The van der Waals surface area contributed by atoms with E-state index in [-0.39, 0.29) is 37.3 Å². The van der Waals surface area contributed by atoms with Crippen LogP contribution in [0.2, 0.25) is 0 Å². The van der Waals surface area contributed by atoms with E-state index in [0.29, 0.717) is 29.9 Å². The van der Waals surface area contributed by atoms with Gasteiger partial charge in [-0.1, -0.05) is 0 Å². The van der Waals surface area contributed by atoms with Crippen LogP contribution in [0.4, 0.5) is 0 Å². The molecule has 1 aromatic carbocycles. The molecule has 156 valence electrons. The number of rotatable bonds is 8. The summed E-state index contributed by atoms with van der Waals surface area (Å²) in [5.74, 6) is -0.341. The van der Waals surface area contributed by atoms with E-state index in [1.54, 1.807) is 18.2 Å². The second kappa shape index (κ2) is 9.74. The lowest BCUT2D eigenvalue weighted by Gasteiger charge is -2.29. The highest BCUT2D eigenvalue weighted by Crippen LogP contribution is 2.24. The maximum absolute atomic E-state index is 12.5. The fourth-order valence-electron chi connectivity index (χ4n) is 3.04. The van der Waals surface area contributed by atoms with Gasteiger partial charge < -0.3 is 19.5 Å². The molecule has 0 unspecified atom stereocenters. The monoisotopic (exact) mass is 414 g/mol. The minimum atomic E-state index is -3.53. The highest BCUT2D eigenvalue weighted by molar-refractivity contribution is 7.89. The Kier molecular flexibility index (Phi) is 7.64. The molecule has 0 spiro atoms. The van der Waals surface area contributed by atoms with Gasteiger partial charge in [0.1, 0.15) is 11.5 Å². The number of carbonyl (C=O) groups is 2. The van der Waals surface area contributed by atoms with Crippen molar-refractivity contribution in [1.82, 2.24) is 9.62 Å². The van der Waals surface area contributed by atoms with E-state index >= 15 is 0 Å². The third-order valence-electron chi connectivity index (χ3n) is 4.68. The van der Waals surface area contributed by atoms with Crippen LogP contribution in [0.25, 0.3) is 0 Å². The summed E-state index contributed by atoms with van der Waals surface area (Å²) < 4.78 is 41.3. The molecule has 28 heavy (non-hydrogen) atoms. The largest absolute Gasteiger partial charge is 0.497 e. The third-order valence-corrected chi connectivity index (χ3v) is 6.55. The molecule has 0 aliphatic carbocycles. The fraction of sp³-hybridized carbons (Fsp3) is 0.556. The van der Waals surface area contributed by atoms with Crippen LogP contribution < -0.4 is 14.8 Å². The number of sulfonamides is 1. The summed E-state index contributed by atoms with van der Waals surface area (Å²) in [6, 6.07) is 4.76. The van der Waals surface area contributed by atoms with Crippen molar-refractivity contribution < 1.29 is 32.2 Å². The lowest BCUT2D eigenvalue weighted by atomic mass is 9.99. The van der Waals surface area contributed by atoms with Crippen molar-refractivity contribution >= 4 is 21.9 Å². The first-order valence-electron chi connectivity index (χ1n) is 8.88. The Balaban J connectivity index is 1.88. The van der Waals surface area contributed by atoms with Gasteiger partial charge in [0, 0.05) is 25.7 Å². The molecule has 1 fully saturated rings. The molecule has 1 amide bonds. The molecule has 1 aliphatic heterocycles. The van der Waals surface area contributed by atoms with Crippen LogP contribution in [-0.2, 0) is 19.6 Å². The van der Waals surface area contributed by atoms with Crippen LogP contribution in [0, 0.1) is 5.92 Å². The van der Waals surface area contributed by atoms with E-state index in [0.717, 1.165) is 0 Å². The van der Waals surface area contributed by atoms with Crippen LogP contribution in [0.1, 0.15) is 23.2 Å². The molecule has 0 saturated carbocycles. The average Bonchev–Trinajstić information content (AvgIpc) is 2.72. The second-order valence-electron chi connectivity index (χ2n) is 6.33. The Morgan fingerprint density at radius 3 is 2.39 bits per heavy atom. The summed E-state index contributed by atoms with van der Waals surface area (Å²) in [6.45, 7) is 0.498. The maximum atomic E-state index is 12.5. The predicted molar refractivity (Wildman–Crippen MR) is 102 cm³/mol. The zero-order valence-electron chi connectivity index (χ0n) is 16.3. The maximum Gasteiger partial charge on any atom is 0.308 e. The number of carbonyl (C=O) groups excluding carboxylic acids is 2. The molecule has 10 heteroatoms. The second-order valence-corrected chi connectivity index (χ2v) is 8.42. The molecule has 0 bridgehead atoms. The van der Waals surface area contributed by atoms with Crippen molar-refractivity contribution in [3.63, 3.8) is 0 Å². The van der Waals surface area contributed by atoms with Gasteiger partial charge in [0.05, 0.1) is 38.6 Å². The molecular formula is C18H26N2O7S. The number of nitrogens with zero attached hydrogens (tertiary/aromatic N) is 1. The number of methoxy groups -OCH3 is 3. The first kappa shape index (κ1) is 22.0. The first-order valence-corrected chi connectivity index (χ1v) is 10.5. The van der Waals surface area contributed by atoms with Gasteiger partial charge in [-0.05, 0) is 25.0 Å². The van der Waals surface area contributed by atoms with Crippen molar-refractivity contribution in [3.05, 3.63) is 23.8 Å². The molecule has 9 nitrogen and oxygen atoms in total. The summed E-state index contributed by atoms with van der Waals surface area (Å²) >= 11 is 0. The Labute approximate surface area is 165 Å². The normalized spacial score (nSPS) is 15.7. The van der Waals surface area contributed by atoms with Crippen molar-refractivity contribution in [2.45, 2.75) is 12.8 Å². The van der Waals surface area contributed by atoms with Gasteiger partial charge in [0.25, 0.3) is 5.91 Å². The topological polar surface area (TPSA) is 111 Å². The van der Waals surface area contributed by atoms with E-state index in [2.05, 4.69) is 5.32 Å². The zero-order chi connectivity index (χ0) is 20.7. The van der Waals surface area contributed by atoms with Crippen LogP contribution in [0.5, 0.6) is 11.5 Å². The van der Waals surface area contributed by atoms with Crippen molar-refractivity contribution in [3.8, 4) is 11.5 Å². The van der Waals surface area contributed by atoms with Crippen LogP contribution in [0.3, 0.4) is 0 Å². The third kappa shape index (κ3) is 5.35. The summed E-state index contributed by atoms with van der Waals surface area (Å²) in [5, 5.41) is 2.60. The van der Waals surface area contributed by atoms with E-state index in [4.69, 9.17) is 14.2 Å². The van der Waals surface area contributed by atoms with Crippen molar-refractivity contribution in [1.29, 1.82) is 0 Å². The summed E-state index contributed by atoms with van der Waals surface area (Å²) in [7, 11) is 0.743. The number of hydrogen-bond acceptors (Lipinski definition) is 7. The van der Waals surface area contributed by atoms with Gasteiger partial charge >= 0.3 is 5.97 Å². The number of benzene rings is 1. The number of amides is 1. The molecule has 1 heterocycles. The number of hydrogen-bond donors (Lipinski definition) is 1. The molecular weight excluding hydrogens is 388 g/mol. The Morgan fingerprint density at radius 1 is 1.14 bits per heavy atom. The summed E-state index contributed by atoms with van der Waals surface area (Å²) in [4.78, 5) is 23.9.